The smallest absolute Gasteiger partial charge is 0.308 e. The zero-order chi connectivity index (χ0) is 13.7. The van der Waals surface area contributed by atoms with Gasteiger partial charge in [0.2, 0.25) is 5.91 Å². The standard InChI is InChI=1S/C14H24N2O3/c1-2-19-14(18)10-3-5-12(6-4-10)16-13(17)9-15-11-7-8-11/h10-12,15H,2-9H2,1H3,(H,16,17). The molecule has 0 radical (unpaired) electrons. The molecule has 5 nitrogen and oxygen atoms in total. The molecule has 2 aliphatic carbocycles. The molecule has 1 amide bonds. The molecule has 2 fully saturated rings. The lowest BCUT2D eigenvalue weighted by atomic mass is 9.86. The van der Waals surface area contributed by atoms with Gasteiger partial charge in [-0.2, -0.15) is 0 Å². The summed E-state index contributed by atoms with van der Waals surface area (Å²) in [6.07, 6.45) is 5.77. The number of rotatable bonds is 6. The summed E-state index contributed by atoms with van der Waals surface area (Å²) in [5.74, 6) is 0.0202. The first kappa shape index (κ1) is 14.3. The summed E-state index contributed by atoms with van der Waals surface area (Å²) in [7, 11) is 0. The Labute approximate surface area is 114 Å². The summed E-state index contributed by atoms with van der Waals surface area (Å²) in [5.41, 5.74) is 0. The predicted molar refractivity (Wildman–Crippen MR) is 71.5 cm³/mol. The quantitative estimate of drug-likeness (QED) is 0.705. The van der Waals surface area contributed by atoms with Gasteiger partial charge < -0.3 is 15.4 Å². The van der Waals surface area contributed by atoms with Crippen molar-refractivity contribution in [3.05, 3.63) is 0 Å². The molecule has 0 aromatic carbocycles. The van der Waals surface area contributed by atoms with Crippen LogP contribution >= 0.6 is 0 Å². The van der Waals surface area contributed by atoms with Gasteiger partial charge in [0.05, 0.1) is 19.1 Å². The van der Waals surface area contributed by atoms with Crippen LogP contribution < -0.4 is 10.6 Å². The van der Waals surface area contributed by atoms with Crippen molar-refractivity contribution in [3.63, 3.8) is 0 Å². The molecular weight excluding hydrogens is 244 g/mol. The van der Waals surface area contributed by atoms with E-state index in [0.29, 0.717) is 19.2 Å². The Morgan fingerprint density at radius 2 is 1.68 bits per heavy atom. The number of amides is 1. The van der Waals surface area contributed by atoms with Crippen molar-refractivity contribution < 1.29 is 14.3 Å². The fourth-order valence-corrected chi connectivity index (χ4v) is 2.54. The highest BCUT2D eigenvalue weighted by molar-refractivity contribution is 5.78. The highest BCUT2D eigenvalue weighted by Gasteiger charge is 2.28. The van der Waals surface area contributed by atoms with Crippen molar-refractivity contribution in [2.24, 2.45) is 5.92 Å². The summed E-state index contributed by atoms with van der Waals surface area (Å²) >= 11 is 0. The Hall–Kier alpha value is -1.10. The third-order valence-electron chi connectivity index (χ3n) is 3.84. The molecule has 2 N–H and O–H groups in total. The van der Waals surface area contributed by atoms with E-state index >= 15 is 0 Å². The van der Waals surface area contributed by atoms with Crippen molar-refractivity contribution in [2.75, 3.05) is 13.2 Å². The number of hydrogen-bond acceptors (Lipinski definition) is 4. The van der Waals surface area contributed by atoms with E-state index in [9.17, 15) is 9.59 Å². The summed E-state index contributed by atoms with van der Waals surface area (Å²) in [5, 5.41) is 6.24. The summed E-state index contributed by atoms with van der Waals surface area (Å²) in [6, 6.07) is 0.782. The molecule has 2 rings (SSSR count). The van der Waals surface area contributed by atoms with Crippen molar-refractivity contribution in [2.45, 2.75) is 57.5 Å². The lowest BCUT2D eigenvalue weighted by molar-refractivity contribution is -0.149. The molecule has 2 aliphatic rings. The Balaban J connectivity index is 1.62. The van der Waals surface area contributed by atoms with Crippen molar-refractivity contribution in [1.29, 1.82) is 0 Å². The minimum absolute atomic E-state index is 0.0256. The van der Waals surface area contributed by atoms with Gasteiger partial charge in [-0.05, 0) is 45.4 Å². The van der Waals surface area contributed by atoms with Gasteiger partial charge in [0.25, 0.3) is 0 Å². The third-order valence-corrected chi connectivity index (χ3v) is 3.84. The normalized spacial score (nSPS) is 26.8. The lowest BCUT2D eigenvalue weighted by Gasteiger charge is -2.27. The Morgan fingerprint density at radius 1 is 1.05 bits per heavy atom. The third kappa shape index (κ3) is 4.82. The summed E-state index contributed by atoms with van der Waals surface area (Å²) in [6.45, 7) is 2.70. The molecular formula is C14H24N2O3. The van der Waals surface area contributed by atoms with E-state index in [2.05, 4.69) is 10.6 Å². The van der Waals surface area contributed by atoms with Gasteiger partial charge in [-0.3, -0.25) is 9.59 Å². The van der Waals surface area contributed by atoms with E-state index < -0.39 is 0 Å². The van der Waals surface area contributed by atoms with Crippen LogP contribution in [0.1, 0.15) is 45.4 Å². The van der Waals surface area contributed by atoms with Crippen LogP contribution in [0.3, 0.4) is 0 Å². The van der Waals surface area contributed by atoms with Crippen molar-refractivity contribution >= 4 is 11.9 Å². The van der Waals surface area contributed by atoms with E-state index in [-0.39, 0.29) is 23.8 Å². The van der Waals surface area contributed by atoms with Crippen molar-refractivity contribution in [3.8, 4) is 0 Å². The van der Waals surface area contributed by atoms with Gasteiger partial charge in [0.15, 0.2) is 0 Å². The van der Waals surface area contributed by atoms with E-state index in [1.165, 1.54) is 12.8 Å². The van der Waals surface area contributed by atoms with E-state index in [1.54, 1.807) is 0 Å². The van der Waals surface area contributed by atoms with Crippen LogP contribution in [0.5, 0.6) is 0 Å². The summed E-state index contributed by atoms with van der Waals surface area (Å²) < 4.78 is 5.03. The number of nitrogens with one attached hydrogen (secondary N) is 2. The second kappa shape index (κ2) is 6.89. The predicted octanol–water partition coefficient (Wildman–Crippen LogP) is 0.976. The maximum atomic E-state index is 11.7. The largest absolute Gasteiger partial charge is 0.466 e. The second-order valence-corrected chi connectivity index (χ2v) is 5.52. The molecule has 0 aromatic rings. The van der Waals surface area contributed by atoms with Crippen LogP contribution in [-0.4, -0.2) is 37.1 Å². The summed E-state index contributed by atoms with van der Waals surface area (Å²) in [4.78, 5) is 23.3. The fraction of sp³-hybridized carbons (Fsp3) is 0.857. The average Bonchev–Trinajstić information content (AvgIpc) is 3.21. The number of hydrogen-bond donors (Lipinski definition) is 2. The molecule has 0 saturated heterocycles. The number of esters is 1. The van der Waals surface area contributed by atoms with E-state index in [0.717, 1.165) is 25.7 Å². The Morgan fingerprint density at radius 3 is 2.26 bits per heavy atom. The first-order chi connectivity index (χ1) is 9.19. The average molecular weight is 268 g/mol. The van der Waals surface area contributed by atoms with Crippen molar-refractivity contribution in [1.82, 2.24) is 10.6 Å². The highest BCUT2D eigenvalue weighted by atomic mass is 16.5. The van der Waals surface area contributed by atoms with Crippen LogP contribution in [0.2, 0.25) is 0 Å². The minimum atomic E-state index is -0.0809. The molecule has 0 aromatic heterocycles. The minimum Gasteiger partial charge on any atom is -0.466 e. The van der Waals surface area contributed by atoms with Crippen LogP contribution in [-0.2, 0) is 14.3 Å². The maximum absolute atomic E-state index is 11.7. The molecule has 0 atom stereocenters. The maximum Gasteiger partial charge on any atom is 0.308 e. The van der Waals surface area contributed by atoms with Crippen LogP contribution in [0.25, 0.3) is 0 Å². The number of carbonyl (C=O) groups excluding carboxylic acids is 2. The van der Waals surface area contributed by atoms with Gasteiger partial charge in [-0.25, -0.2) is 0 Å². The van der Waals surface area contributed by atoms with Crippen LogP contribution in [0.15, 0.2) is 0 Å². The van der Waals surface area contributed by atoms with Gasteiger partial charge in [-0.1, -0.05) is 0 Å². The molecule has 0 spiro atoms. The number of ether oxygens (including phenoxy) is 1. The van der Waals surface area contributed by atoms with E-state index in [4.69, 9.17) is 4.74 Å². The van der Waals surface area contributed by atoms with Crippen LogP contribution in [0, 0.1) is 5.92 Å². The first-order valence-electron chi connectivity index (χ1n) is 7.38. The Bertz CT molecular complexity index is 321. The number of carbonyl (C=O) groups is 2. The molecule has 5 heteroatoms. The van der Waals surface area contributed by atoms with Gasteiger partial charge in [-0.15, -0.1) is 0 Å². The molecule has 0 bridgehead atoms. The highest BCUT2D eigenvalue weighted by Crippen LogP contribution is 2.25. The lowest BCUT2D eigenvalue weighted by Crippen LogP contribution is -2.43. The molecule has 19 heavy (non-hydrogen) atoms. The molecule has 0 heterocycles. The topological polar surface area (TPSA) is 67.4 Å². The van der Waals surface area contributed by atoms with Gasteiger partial charge in [0, 0.05) is 12.1 Å². The zero-order valence-electron chi connectivity index (χ0n) is 11.6. The SMILES string of the molecule is CCOC(=O)C1CCC(NC(=O)CNC2CC2)CC1. The van der Waals surface area contributed by atoms with Gasteiger partial charge in [0.1, 0.15) is 0 Å². The molecule has 2 saturated carbocycles. The fourth-order valence-electron chi connectivity index (χ4n) is 2.54. The first-order valence-corrected chi connectivity index (χ1v) is 7.38. The van der Waals surface area contributed by atoms with E-state index in [1.807, 2.05) is 6.92 Å². The molecule has 0 aliphatic heterocycles. The monoisotopic (exact) mass is 268 g/mol. The second-order valence-electron chi connectivity index (χ2n) is 5.52. The molecule has 108 valence electrons. The van der Waals surface area contributed by atoms with Gasteiger partial charge >= 0.3 is 5.97 Å². The Kier molecular flexibility index (Phi) is 5.19. The molecule has 0 unspecified atom stereocenters. The zero-order valence-corrected chi connectivity index (χ0v) is 11.6. The van der Waals surface area contributed by atoms with Crippen LogP contribution in [0.4, 0.5) is 0 Å².